The van der Waals surface area contributed by atoms with Gasteiger partial charge in [-0.05, 0) is 23.8 Å². The largest absolute Gasteiger partial charge is 0.417 e. The van der Waals surface area contributed by atoms with Crippen LogP contribution in [0.4, 0.5) is 23.7 Å². The number of pyridine rings is 1. The van der Waals surface area contributed by atoms with Crippen molar-refractivity contribution in [3.05, 3.63) is 70.0 Å². The van der Waals surface area contributed by atoms with Crippen LogP contribution >= 0.6 is 23.2 Å². The monoisotopic (exact) mass is 413 g/mol. The molecule has 3 rings (SSSR count). The molecule has 0 aliphatic carbocycles. The van der Waals surface area contributed by atoms with E-state index in [0.29, 0.717) is 5.69 Å². The Kier molecular flexibility index (Phi) is 5.43. The molecule has 0 saturated carbocycles. The number of nitrogens with zero attached hydrogens (tertiary/aromatic N) is 1. The Labute approximate surface area is 162 Å². The van der Waals surface area contributed by atoms with Crippen LogP contribution in [0.25, 0.3) is 10.8 Å². The second-order valence-electron chi connectivity index (χ2n) is 5.61. The van der Waals surface area contributed by atoms with Crippen LogP contribution in [0.3, 0.4) is 0 Å². The third kappa shape index (κ3) is 4.26. The molecule has 1 aromatic heterocycles. The van der Waals surface area contributed by atoms with Crippen molar-refractivity contribution >= 4 is 45.7 Å². The first-order chi connectivity index (χ1) is 12.8. The van der Waals surface area contributed by atoms with Crippen LogP contribution in [-0.2, 0) is 12.7 Å². The number of aromatic nitrogens is 1. The zero-order valence-corrected chi connectivity index (χ0v) is 15.1. The standard InChI is InChI=1S/C18H12Cl2F3N3O/c19-15-11(4-5-13(16(15)20)18(21,22)23)9-25-17(27)26-14-3-1-2-10-8-24-7-6-12(10)14/h1-8H,9H2,(H2,25,26,27). The molecular formula is C18H12Cl2F3N3O. The van der Waals surface area contributed by atoms with E-state index >= 15 is 0 Å². The van der Waals surface area contributed by atoms with Crippen molar-refractivity contribution in [3.63, 3.8) is 0 Å². The molecule has 27 heavy (non-hydrogen) atoms. The number of amides is 2. The van der Waals surface area contributed by atoms with Gasteiger partial charge in [0.1, 0.15) is 0 Å². The summed E-state index contributed by atoms with van der Waals surface area (Å²) in [5.41, 5.74) is -0.178. The van der Waals surface area contributed by atoms with Crippen LogP contribution in [0.2, 0.25) is 10.0 Å². The third-order valence-electron chi connectivity index (χ3n) is 3.84. The van der Waals surface area contributed by atoms with Crippen LogP contribution in [0, 0.1) is 0 Å². The van der Waals surface area contributed by atoms with Crippen LogP contribution < -0.4 is 10.6 Å². The van der Waals surface area contributed by atoms with E-state index in [1.54, 1.807) is 30.6 Å². The predicted octanol–water partition coefficient (Wildman–Crippen LogP) is 5.88. The van der Waals surface area contributed by atoms with Gasteiger partial charge in [-0.1, -0.05) is 41.4 Å². The van der Waals surface area contributed by atoms with Gasteiger partial charge in [0.05, 0.1) is 21.3 Å². The average molecular weight is 414 g/mol. The summed E-state index contributed by atoms with van der Waals surface area (Å²) in [5, 5.41) is 6.06. The van der Waals surface area contributed by atoms with Gasteiger partial charge in [0.25, 0.3) is 0 Å². The Balaban J connectivity index is 1.72. The Bertz CT molecular complexity index is 1000. The lowest BCUT2D eigenvalue weighted by Gasteiger charge is -2.14. The van der Waals surface area contributed by atoms with Gasteiger partial charge in [-0.15, -0.1) is 0 Å². The highest BCUT2D eigenvalue weighted by Gasteiger charge is 2.34. The summed E-state index contributed by atoms with van der Waals surface area (Å²) in [7, 11) is 0. The Morgan fingerprint density at radius 1 is 1.07 bits per heavy atom. The normalized spacial score (nSPS) is 11.4. The van der Waals surface area contributed by atoms with E-state index in [1.807, 2.05) is 6.07 Å². The number of benzene rings is 2. The minimum atomic E-state index is -4.60. The Morgan fingerprint density at radius 3 is 2.59 bits per heavy atom. The minimum Gasteiger partial charge on any atom is -0.334 e. The lowest BCUT2D eigenvalue weighted by atomic mass is 10.1. The summed E-state index contributed by atoms with van der Waals surface area (Å²) in [6.07, 6.45) is -1.33. The molecule has 0 atom stereocenters. The molecule has 2 amide bonds. The van der Waals surface area contributed by atoms with Crippen molar-refractivity contribution < 1.29 is 18.0 Å². The van der Waals surface area contributed by atoms with Gasteiger partial charge in [-0.3, -0.25) is 4.98 Å². The molecule has 140 valence electrons. The molecule has 0 bridgehead atoms. The van der Waals surface area contributed by atoms with Gasteiger partial charge >= 0.3 is 12.2 Å². The van der Waals surface area contributed by atoms with E-state index in [0.717, 1.165) is 16.8 Å². The van der Waals surface area contributed by atoms with Crippen molar-refractivity contribution in [2.45, 2.75) is 12.7 Å². The molecule has 3 aromatic rings. The second kappa shape index (κ2) is 7.62. The first kappa shape index (κ1) is 19.3. The summed E-state index contributed by atoms with van der Waals surface area (Å²) in [6, 6.07) is 8.59. The number of halogens is 5. The van der Waals surface area contributed by atoms with Gasteiger partial charge < -0.3 is 10.6 Å². The van der Waals surface area contributed by atoms with Crippen molar-refractivity contribution in [1.82, 2.24) is 10.3 Å². The molecule has 0 aliphatic heterocycles. The number of hydrogen-bond acceptors (Lipinski definition) is 2. The maximum atomic E-state index is 12.8. The van der Waals surface area contributed by atoms with Gasteiger partial charge in [-0.25, -0.2) is 4.79 Å². The van der Waals surface area contributed by atoms with Gasteiger partial charge in [0.2, 0.25) is 0 Å². The van der Waals surface area contributed by atoms with Crippen molar-refractivity contribution in [2.24, 2.45) is 0 Å². The molecule has 0 unspecified atom stereocenters. The maximum absolute atomic E-state index is 12.8. The number of fused-ring (bicyclic) bond motifs is 1. The number of hydrogen-bond donors (Lipinski definition) is 2. The minimum absolute atomic E-state index is 0.0884. The molecule has 0 saturated heterocycles. The summed E-state index contributed by atoms with van der Waals surface area (Å²) >= 11 is 11.6. The number of urea groups is 1. The van der Waals surface area contributed by atoms with Gasteiger partial charge in [0.15, 0.2) is 0 Å². The number of nitrogens with one attached hydrogen (secondary N) is 2. The van der Waals surface area contributed by atoms with E-state index in [-0.39, 0.29) is 17.1 Å². The Hall–Kier alpha value is -2.51. The first-order valence-corrected chi connectivity index (χ1v) is 8.44. The number of carbonyl (C=O) groups excluding carboxylic acids is 1. The molecule has 1 heterocycles. The highest BCUT2D eigenvalue weighted by Crippen LogP contribution is 2.39. The van der Waals surface area contributed by atoms with Crippen molar-refractivity contribution in [3.8, 4) is 0 Å². The van der Waals surface area contributed by atoms with E-state index in [4.69, 9.17) is 23.2 Å². The second-order valence-corrected chi connectivity index (χ2v) is 6.36. The van der Waals surface area contributed by atoms with Crippen LogP contribution in [0.5, 0.6) is 0 Å². The summed E-state index contributed by atoms with van der Waals surface area (Å²) in [4.78, 5) is 16.2. The lowest BCUT2D eigenvalue weighted by molar-refractivity contribution is -0.137. The smallest absolute Gasteiger partial charge is 0.334 e. The molecular weight excluding hydrogens is 402 g/mol. The SMILES string of the molecule is O=C(NCc1ccc(C(F)(F)F)c(Cl)c1Cl)Nc1cccc2cnccc12. The van der Waals surface area contributed by atoms with E-state index in [2.05, 4.69) is 15.6 Å². The van der Waals surface area contributed by atoms with E-state index < -0.39 is 22.8 Å². The quantitative estimate of drug-likeness (QED) is 0.562. The number of anilines is 1. The predicted molar refractivity (Wildman–Crippen MR) is 99.1 cm³/mol. The van der Waals surface area contributed by atoms with Gasteiger partial charge in [-0.2, -0.15) is 13.2 Å². The highest BCUT2D eigenvalue weighted by molar-refractivity contribution is 6.43. The van der Waals surface area contributed by atoms with Gasteiger partial charge in [0, 0.05) is 29.7 Å². The van der Waals surface area contributed by atoms with Crippen LogP contribution in [0.15, 0.2) is 48.8 Å². The first-order valence-electron chi connectivity index (χ1n) is 7.69. The molecule has 0 fully saturated rings. The molecule has 9 heteroatoms. The molecule has 4 nitrogen and oxygen atoms in total. The molecule has 0 radical (unpaired) electrons. The fraction of sp³-hybridized carbons (Fsp3) is 0.111. The Morgan fingerprint density at radius 2 is 1.85 bits per heavy atom. The fourth-order valence-electron chi connectivity index (χ4n) is 2.52. The molecule has 0 spiro atoms. The van der Waals surface area contributed by atoms with Crippen molar-refractivity contribution in [2.75, 3.05) is 5.32 Å². The zero-order chi connectivity index (χ0) is 19.6. The molecule has 0 aliphatic rings. The van der Waals surface area contributed by atoms with E-state index in [1.165, 1.54) is 6.07 Å². The zero-order valence-electron chi connectivity index (χ0n) is 13.6. The van der Waals surface area contributed by atoms with Crippen LogP contribution in [0.1, 0.15) is 11.1 Å². The summed E-state index contributed by atoms with van der Waals surface area (Å²) < 4.78 is 38.5. The lowest BCUT2D eigenvalue weighted by Crippen LogP contribution is -2.28. The van der Waals surface area contributed by atoms with Crippen molar-refractivity contribution in [1.29, 1.82) is 0 Å². The average Bonchev–Trinajstić information content (AvgIpc) is 2.62. The topological polar surface area (TPSA) is 54.0 Å². The number of alkyl halides is 3. The summed E-state index contributed by atoms with van der Waals surface area (Å²) in [6.45, 7) is -0.0884. The highest BCUT2D eigenvalue weighted by atomic mass is 35.5. The molecule has 2 aromatic carbocycles. The fourth-order valence-corrected chi connectivity index (χ4v) is 3.04. The van der Waals surface area contributed by atoms with E-state index in [9.17, 15) is 18.0 Å². The summed E-state index contributed by atoms with van der Waals surface area (Å²) in [5.74, 6) is 0. The molecule has 2 N–H and O–H groups in total. The number of rotatable bonds is 3. The van der Waals surface area contributed by atoms with Crippen LogP contribution in [-0.4, -0.2) is 11.0 Å². The third-order valence-corrected chi connectivity index (χ3v) is 4.76. The number of carbonyl (C=O) groups is 1. The maximum Gasteiger partial charge on any atom is 0.417 e.